The summed E-state index contributed by atoms with van der Waals surface area (Å²) in [6, 6.07) is 0. The second kappa shape index (κ2) is 10.5. The van der Waals surface area contributed by atoms with Gasteiger partial charge >= 0.3 is 5.97 Å². The van der Waals surface area contributed by atoms with Crippen LogP contribution in [-0.4, -0.2) is 13.1 Å². The number of ether oxygens (including phenoxy) is 1. The Morgan fingerprint density at radius 1 is 1.07 bits per heavy atom. The van der Waals surface area contributed by atoms with Gasteiger partial charge in [0.25, 0.3) is 0 Å². The van der Waals surface area contributed by atoms with E-state index in [1.165, 1.54) is 13.2 Å². The Bertz CT molecular complexity index is 270. The van der Waals surface area contributed by atoms with Gasteiger partial charge in [0.1, 0.15) is 0 Å². The van der Waals surface area contributed by atoms with Gasteiger partial charge in [-0.2, -0.15) is 0 Å². The van der Waals surface area contributed by atoms with Crippen LogP contribution in [0.4, 0.5) is 0 Å². The molecule has 2 heteroatoms. The maximum Gasteiger partial charge on any atom is 0.330 e. The highest BCUT2D eigenvalue weighted by Gasteiger charge is 1.87. The molecule has 0 atom stereocenters. The highest BCUT2D eigenvalue weighted by molar-refractivity contribution is 5.81. The molecule has 15 heavy (non-hydrogen) atoms. The quantitative estimate of drug-likeness (QED) is 0.289. The fraction of sp³-hybridized carbons (Fsp3) is 0.308. The zero-order valence-electron chi connectivity index (χ0n) is 9.35. The van der Waals surface area contributed by atoms with E-state index in [1.54, 1.807) is 0 Å². The second-order valence-corrected chi connectivity index (χ2v) is 2.84. The molecule has 82 valence electrons. The summed E-state index contributed by atoms with van der Waals surface area (Å²) < 4.78 is 4.46. The molecule has 0 fully saturated rings. The summed E-state index contributed by atoms with van der Waals surface area (Å²) >= 11 is 0. The van der Waals surface area contributed by atoms with E-state index < -0.39 is 0 Å². The summed E-state index contributed by atoms with van der Waals surface area (Å²) in [5.74, 6) is -0.299. The zero-order valence-corrected chi connectivity index (χ0v) is 9.35. The molecule has 0 amide bonds. The average molecular weight is 206 g/mol. The molecule has 0 spiro atoms. The second-order valence-electron chi connectivity index (χ2n) is 2.84. The first-order chi connectivity index (χ1) is 7.31. The summed E-state index contributed by atoms with van der Waals surface area (Å²) in [5, 5.41) is 0. The SMILES string of the molecule is C/C=C/C=C/C=C/CC/C=C/C(=O)OC. The third-order valence-corrected chi connectivity index (χ3v) is 1.62. The third kappa shape index (κ3) is 10.4. The van der Waals surface area contributed by atoms with Crippen LogP contribution in [0.15, 0.2) is 48.6 Å². The minimum absolute atomic E-state index is 0.299. The Hall–Kier alpha value is -1.57. The summed E-state index contributed by atoms with van der Waals surface area (Å²) in [5.41, 5.74) is 0. The number of unbranched alkanes of at least 4 members (excludes halogenated alkanes) is 1. The van der Waals surface area contributed by atoms with Gasteiger partial charge in [0.15, 0.2) is 0 Å². The van der Waals surface area contributed by atoms with E-state index in [-0.39, 0.29) is 5.97 Å². The van der Waals surface area contributed by atoms with E-state index in [0.29, 0.717) is 0 Å². The molecule has 0 unspecified atom stereocenters. The van der Waals surface area contributed by atoms with Gasteiger partial charge < -0.3 is 4.74 Å². The molecule has 0 aliphatic heterocycles. The molecule has 0 radical (unpaired) electrons. The number of rotatable bonds is 6. The van der Waals surface area contributed by atoms with Crippen LogP contribution >= 0.6 is 0 Å². The lowest BCUT2D eigenvalue weighted by Gasteiger charge is -1.88. The Balaban J connectivity index is 3.53. The van der Waals surface area contributed by atoms with Crippen molar-refractivity contribution in [2.45, 2.75) is 19.8 Å². The summed E-state index contributed by atoms with van der Waals surface area (Å²) in [4.78, 5) is 10.7. The van der Waals surface area contributed by atoms with Crippen LogP contribution in [0.3, 0.4) is 0 Å². The summed E-state index contributed by atoms with van der Waals surface area (Å²) in [6.07, 6.45) is 17.0. The topological polar surface area (TPSA) is 26.3 Å². The van der Waals surface area contributed by atoms with E-state index in [2.05, 4.69) is 10.8 Å². The van der Waals surface area contributed by atoms with Crippen LogP contribution < -0.4 is 0 Å². The lowest BCUT2D eigenvalue weighted by atomic mass is 10.2. The minimum atomic E-state index is -0.299. The Morgan fingerprint density at radius 2 is 1.73 bits per heavy atom. The number of methoxy groups -OCH3 is 1. The highest BCUT2D eigenvalue weighted by atomic mass is 16.5. The van der Waals surface area contributed by atoms with Gasteiger partial charge in [0.05, 0.1) is 7.11 Å². The molecule has 0 aromatic rings. The largest absolute Gasteiger partial charge is 0.466 e. The molecule has 0 rings (SSSR count). The first kappa shape index (κ1) is 13.4. The van der Waals surface area contributed by atoms with Gasteiger partial charge in [-0.05, 0) is 19.8 Å². The molecule has 0 saturated carbocycles. The monoisotopic (exact) mass is 206 g/mol. The van der Waals surface area contributed by atoms with Gasteiger partial charge in [0, 0.05) is 6.08 Å². The van der Waals surface area contributed by atoms with Crippen LogP contribution in [0.25, 0.3) is 0 Å². The fourth-order valence-electron chi connectivity index (χ4n) is 0.854. The molecule has 2 nitrogen and oxygen atoms in total. The van der Waals surface area contributed by atoms with Crippen LogP contribution in [0.2, 0.25) is 0 Å². The summed E-state index contributed by atoms with van der Waals surface area (Å²) in [7, 11) is 1.37. The molecule has 0 aromatic heterocycles. The molecule has 0 bridgehead atoms. The maximum atomic E-state index is 10.7. The van der Waals surface area contributed by atoms with Crippen LogP contribution in [0.1, 0.15) is 19.8 Å². The van der Waals surface area contributed by atoms with Gasteiger partial charge in [-0.15, -0.1) is 0 Å². The van der Waals surface area contributed by atoms with Crippen molar-refractivity contribution in [1.29, 1.82) is 0 Å². The smallest absolute Gasteiger partial charge is 0.330 e. The fourth-order valence-corrected chi connectivity index (χ4v) is 0.854. The number of esters is 1. The van der Waals surface area contributed by atoms with Crippen LogP contribution in [0.5, 0.6) is 0 Å². The van der Waals surface area contributed by atoms with E-state index in [0.717, 1.165) is 12.8 Å². The number of carbonyl (C=O) groups excluding carboxylic acids is 1. The molecular weight excluding hydrogens is 188 g/mol. The van der Waals surface area contributed by atoms with Crippen LogP contribution in [0, 0.1) is 0 Å². The Labute approximate surface area is 91.6 Å². The van der Waals surface area contributed by atoms with Crippen molar-refractivity contribution >= 4 is 5.97 Å². The predicted molar refractivity (Wildman–Crippen MR) is 63.5 cm³/mol. The molecule has 0 aromatic carbocycles. The lowest BCUT2D eigenvalue weighted by Crippen LogP contribution is -1.93. The van der Waals surface area contributed by atoms with Crippen molar-refractivity contribution in [3.63, 3.8) is 0 Å². The number of carbonyl (C=O) groups is 1. The number of hydrogen-bond donors (Lipinski definition) is 0. The van der Waals surface area contributed by atoms with E-state index >= 15 is 0 Å². The molecule has 0 N–H and O–H groups in total. The van der Waals surface area contributed by atoms with E-state index in [4.69, 9.17) is 0 Å². The average Bonchev–Trinajstić information content (AvgIpc) is 2.26. The van der Waals surface area contributed by atoms with Crippen molar-refractivity contribution < 1.29 is 9.53 Å². The van der Waals surface area contributed by atoms with Crippen molar-refractivity contribution in [2.75, 3.05) is 7.11 Å². The summed E-state index contributed by atoms with van der Waals surface area (Å²) in [6.45, 7) is 1.98. The van der Waals surface area contributed by atoms with Gasteiger partial charge in [-0.25, -0.2) is 4.79 Å². The van der Waals surface area contributed by atoms with Crippen molar-refractivity contribution in [1.82, 2.24) is 0 Å². The zero-order chi connectivity index (χ0) is 11.4. The normalized spacial score (nSPS) is 12.4. The highest BCUT2D eigenvalue weighted by Crippen LogP contribution is 1.94. The number of allylic oxidation sites excluding steroid dienone is 7. The van der Waals surface area contributed by atoms with Crippen LogP contribution in [-0.2, 0) is 9.53 Å². The molecule has 0 heterocycles. The third-order valence-electron chi connectivity index (χ3n) is 1.62. The van der Waals surface area contributed by atoms with E-state index in [9.17, 15) is 4.79 Å². The lowest BCUT2D eigenvalue weighted by molar-refractivity contribution is -0.134. The predicted octanol–water partition coefficient (Wildman–Crippen LogP) is 3.18. The van der Waals surface area contributed by atoms with Crippen molar-refractivity contribution in [3.05, 3.63) is 48.6 Å². The van der Waals surface area contributed by atoms with Gasteiger partial charge in [0.2, 0.25) is 0 Å². The molecule has 0 aliphatic rings. The minimum Gasteiger partial charge on any atom is -0.466 e. The maximum absolute atomic E-state index is 10.7. The number of hydrogen-bond acceptors (Lipinski definition) is 2. The molecular formula is C13H18O2. The Kier molecular flexibility index (Phi) is 9.41. The van der Waals surface area contributed by atoms with E-state index in [1.807, 2.05) is 43.4 Å². The molecule has 0 saturated heterocycles. The first-order valence-electron chi connectivity index (χ1n) is 5.00. The van der Waals surface area contributed by atoms with Crippen molar-refractivity contribution in [2.24, 2.45) is 0 Å². The first-order valence-corrected chi connectivity index (χ1v) is 5.00. The van der Waals surface area contributed by atoms with Gasteiger partial charge in [-0.3, -0.25) is 0 Å². The van der Waals surface area contributed by atoms with Gasteiger partial charge in [-0.1, -0.05) is 42.5 Å². The Morgan fingerprint density at radius 3 is 2.40 bits per heavy atom. The standard InChI is InChI=1S/C13H18O2/c1-3-4-5-6-7-8-9-10-11-12-13(14)15-2/h3-8,11-12H,9-10H2,1-2H3/b4-3+,6-5+,8-7+,12-11+. The van der Waals surface area contributed by atoms with Crippen molar-refractivity contribution in [3.8, 4) is 0 Å². The molecule has 0 aliphatic carbocycles.